The number of hydrogen-bond acceptors (Lipinski definition) is 3. The number of aromatic nitrogens is 2. The standard InChI is InChI=1S/C13H10F4N2OS/c1-20-6-11-18-10(5-12(21)19-11)7-2-3-9(14)8(4-7)13(15,16)17/h2-5H,6H2,1H3,(H,18,19,21). The van der Waals surface area contributed by atoms with Crippen molar-refractivity contribution in [1.82, 2.24) is 9.97 Å². The van der Waals surface area contributed by atoms with E-state index in [0.29, 0.717) is 11.5 Å². The van der Waals surface area contributed by atoms with Crippen molar-refractivity contribution in [2.45, 2.75) is 12.8 Å². The second-order valence-electron chi connectivity index (χ2n) is 4.21. The van der Waals surface area contributed by atoms with Gasteiger partial charge in [0.05, 0.1) is 5.56 Å². The lowest BCUT2D eigenvalue weighted by Gasteiger charge is -2.11. The number of nitrogens with one attached hydrogen (secondary N) is 1. The molecule has 0 saturated heterocycles. The smallest absolute Gasteiger partial charge is 0.377 e. The normalized spacial score (nSPS) is 11.7. The zero-order valence-electron chi connectivity index (χ0n) is 10.8. The Balaban J connectivity index is 2.55. The van der Waals surface area contributed by atoms with Gasteiger partial charge in [0.2, 0.25) is 0 Å². The molecule has 0 fully saturated rings. The van der Waals surface area contributed by atoms with Crippen LogP contribution in [-0.4, -0.2) is 17.1 Å². The number of aromatic amines is 1. The van der Waals surface area contributed by atoms with Crippen LogP contribution in [0.15, 0.2) is 24.3 Å². The maximum atomic E-state index is 13.3. The highest BCUT2D eigenvalue weighted by Crippen LogP contribution is 2.33. The zero-order chi connectivity index (χ0) is 15.6. The molecule has 2 rings (SSSR count). The van der Waals surface area contributed by atoms with Gasteiger partial charge in [-0.1, -0.05) is 12.2 Å². The maximum Gasteiger partial charge on any atom is 0.419 e. The fourth-order valence-corrected chi connectivity index (χ4v) is 2.01. The number of hydrogen-bond donors (Lipinski definition) is 1. The summed E-state index contributed by atoms with van der Waals surface area (Å²) in [7, 11) is 1.45. The average molecular weight is 318 g/mol. The Morgan fingerprint density at radius 3 is 2.62 bits per heavy atom. The number of alkyl halides is 3. The first-order valence-corrected chi connectivity index (χ1v) is 6.18. The summed E-state index contributed by atoms with van der Waals surface area (Å²) in [6.07, 6.45) is -4.76. The van der Waals surface area contributed by atoms with E-state index < -0.39 is 17.6 Å². The molecule has 21 heavy (non-hydrogen) atoms. The molecule has 1 aromatic heterocycles. The molecule has 8 heteroatoms. The van der Waals surface area contributed by atoms with Crippen LogP contribution >= 0.6 is 12.2 Å². The van der Waals surface area contributed by atoms with Gasteiger partial charge < -0.3 is 9.72 Å². The van der Waals surface area contributed by atoms with Crippen molar-refractivity contribution < 1.29 is 22.3 Å². The molecule has 0 amide bonds. The highest BCUT2D eigenvalue weighted by Gasteiger charge is 2.34. The van der Waals surface area contributed by atoms with Crippen molar-refractivity contribution in [3.8, 4) is 11.3 Å². The highest BCUT2D eigenvalue weighted by molar-refractivity contribution is 7.71. The highest BCUT2D eigenvalue weighted by atomic mass is 32.1. The molecule has 0 bridgehead atoms. The van der Waals surface area contributed by atoms with Gasteiger partial charge in [0.25, 0.3) is 0 Å². The fraction of sp³-hybridized carbons (Fsp3) is 0.231. The maximum absolute atomic E-state index is 13.3. The number of methoxy groups -OCH3 is 1. The minimum absolute atomic E-state index is 0.130. The molecule has 0 saturated carbocycles. The Hall–Kier alpha value is -1.80. The van der Waals surface area contributed by atoms with Crippen LogP contribution in [0.4, 0.5) is 17.6 Å². The van der Waals surface area contributed by atoms with Gasteiger partial charge in [-0.2, -0.15) is 13.2 Å². The van der Waals surface area contributed by atoms with Crippen molar-refractivity contribution in [2.24, 2.45) is 0 Å². The van der Waals surface area contributed by atoms with Crippen molar-refractivity contribution in [2.75, 3.05) is 7.11 Å². The first kappa shape index (κ1) is 15.6. The predicted octanol–water partition coefficient (Wildman–Crippen LogP) is 4.11. The molecule has 1 N–H and O–H groups in total. The molecule has 2 aromatic rings. The molecule has 0 aliphatic heterocycles. The molecule has 0 aliphatic rings. The number of ether oxygens (including phenoxy) is 1. The van der Waals surface area contributed by atoms with E-state index in [1.54, 1.807) is 0 Å². The summed E-state index contributed by atoms with van der Waals surface area (Å²) in [6.45, 7) is 0.130. The van der Waals surface area contributed by atoms with Crippen LogP contribution in [0.1, 0.15) is 11.4 Å². The van der Waals surface area contributed by atoms with Gasteiger partial charge in [0.15, 0.2) is 0 Å². The van der Waals surface area contributed by atoms with E-state index in [9.17, 15) is 17.6 Å². The molecule has 0 spiro atoms. The lowest BCUT2D eigenvalue weighted by molar-refractivity contribution is -0.139. The lowest BCUT2D eigenvalue weighted by Crippen LogP contribution is -2.08. The minimum Gasteiger partial charge on any atom is -0.377 e. The molecule has 3 nitrogen and oxygen atoms in total. The number of benzene rings is 1. The largest absolute Gasteiger partial charge is 0.419 e. The molecular formula is C13H10F4N2OS. The van der Waals surface area contributed by atoms with Crippen LogP contribution < -0.4 is 0 Å². The van der Waals surface area contributed by atoms with Crippen molar-refractivity contribution in [1.29, 1.82) is 0 Å². The van der Waals surface area contributed by atoms with Gasteiger partial charge in [0, 0.05) is 12.8 Å². The lowest BCUT2D eigenvalue weighted by atomic mass is 10.1. The first-order chi connectivity index (χ1) is 9.81. The van der Waals surface area contributed by atoms with Gasteiger partial charge in [-0.25, -0.2) is 9.37 Å². The Labute approximate surface area is 122 Å². The predicted molar refractivity (Wildman–Crippen MR) is 70.5 cm³/mol. The van der Waals surface area contributed by atoms with Gasteiger partial charge in [-0.3, -0.25) is 0 Å². The molecule has 0 radical (unpaired) electrons. The van der Waals surface area contributed by atoms with Crippen LogP contribution in [0, 0.1) is 10.5 Å². The molecule has 112 valence electrons. The van der Waals surface area contributed by atoms with Crippen LogP contribution in [0.5, 0.6) is 0 Å². The van der Waals surface area contributed by atoms with Crippen molar-refractivity contribution in [3.63, 3.8) is 0 Å². The van der Waals surface area contributed by atoms with E-state index >= 15 is 0 Å². The van der Waals surface area contributed by atoms with Crippen LogP contribution in [0.2, 0.25) is 0 Å². The van der Waals surface area contributed by atoms with Gasteiger partial charge in [-0.15, -0.1) is 0 Å². The van der Waals surface area contributed by atoms with Crippen molar-refractivity contribution in [3.05, 3.63) is 46.1 Å². The summed E-state index contributed by atoms with van der Waals surface area (Å²) < 4.78 is 56.5. The van der Waals surface area contributed by atoms with E-state index in [1.807, 2.05) is 0 Å². The van der Waals surface area contributed by atoms with Gasteiger partial charge in [-0.05, 0) is 29.8 Å². The zero-order valence-corrected chi connectivity index (χ0v) is 11.6. The number of rotatable bonds is 3. The summed E-state index contributed by atoms with van der Waals surface area (Å²) in [5.74, 6) is -0.950. The van der Waals surface area contributed by atoms with E-state index in [4.69, 9.17) is 17.0 Å². The Bertz CT molecular complexity index is 712. The summed E-state index contributed by atoms with van der Waals surface area (Å²) in [4.78, 5) is 6.78. The Kier molecular flexibility index (Phi) is 4.38. The third kappa shape index (κ3) is 3.64. The fourth-order valence-electron chi connectivity index (χ4n) is 1.78. The van der Waals surface area contributed by atoms with E-state index in [0.717, 1.165) is 12.1 Å². The third-order valence-corrected chi connectivity index (χ3v) is 2.86. The molecule has 0 aliphatic carbocycles. The number of H-pyrrole nitrogens is 1. The molecule has 0 unspecified atom stereocenters. The van der Waals surface area contributed by atoms with Crippen LogP contribution in [0.3, 0.4) is 0 Å². The first-order valence-electron chi connectivity index (χ1n) is 5.77. The quantitative estimate of drug-likeness (QED) is 0.683. The second-order valence-corrected chi connectivity index (χ2v) is 4.62. The van der Waals surface area contributed by atoms with E-state index in [-0.39, 0.29) is 16.8 Å². The Morgan fingerprint density at radius 2 is 2.00 bits per heavy atom. The summed E-state index contributed by atoms with van der Waals surface area (Å²) in [6, 6.07) is 4.14. The SMILES string of the molecule is COCc1nc(=S)cc(-c2ccc(F)c(C(F)(F)F)c2)[nH]1. The molecule has 0 atom stereocenters. The molecule has 1 aromatic carbocycles. The summed E-state index contributed by atoms with van der Waals surface area (Å²) in [5, 5.41) is 0. The van der Waals surface area contributed by atoms with Crippen LogP contribution in [0.25, 0.3) is 11.3 Å². The molecular weight excluding hydrogens is 308 g/mol. The topological polar surface area (TPSA) is 37.9 Å². The average Bonchev–Trinajstić information content (AvgIpc) is 2.37. The number of halogens is 4. The monoisotopic (exact) mass is 318 g/mol. The Morgan fingerprint density at radius 1 is 1.29 bits per heavy atom. The van der Waals surface area contributed by atoms with Gasteiger partial charge >= 0.3 is 6.18 Å². The van der Waals surface area contributed by atoms with Crippen molar-refractivity contribution >= 4 is 12.2 Å². The molecule has 1 heterocycles. The number of nitrogens with zero attached hydrogens (tertiary/aromatic N) is 1. The van der Waals surface area contributed by atoms with Crippen LogP contribution in [-0.2, 0) is 17.5 Å². The summed E-state index contributed by atoms with van der Waals surface area (Å²) >= 11 is 4.95. The van der Waals surface area contributed by atoms with E-state index in [2.05, 4.69) is 9.97 Å². The third-order valence-electron chi connectivity index (χ3n) is 2.66. The second kappa shape index (κ2) is 5.90. The van der Waals surface area contributed by atoms with Gasteiger partial charge in [0.1, 0.15) is 22.9 Å². The minimum atomic E-state index is -4.76. The summed E-state index contributed by atoms with van der Waals surface area (Å²) in [5.41, 5.74) is -0.855. The van der Waals surface area contributed by atoms with E-state index in [1.165, 1.54) is 19.2 Å².